The van der Waals surface area contributed by atoms with Crippen molar-refractivity contribution in [1.29, 1.82) is 0 Å². The van der Waals surface area contributed by atoms with Gasteiger partial charge in [-0.05, 0) is 33.7 Å². The van der Waals surface area contributed by atoms with E-state index in [4.69, 9.17) is 0 Å². The summed E-state index contributed by atoms with van der Waals surface area (Å²) in [5, 5.41) is -1.63. The average molecular weight is 540 g/mol. The number of rotatable bonds is 3. The second-order valence-electron chi connectivity index (χ2n) is 8.09. The molecule has 5 aromatic rings. The maximum atomic E-state index is 15.2. The summed E-state index contributed by atoms with van der Waals surface area (Å²) in [6.45, 7) is 0. The van der Waals surface area contributed by atoms with Gasteiger partial charge in [0.1, 0.15) is 5.82 Å². The maximum absolute atomic E-state index is 15.2. The van der Waals surface area contributed by atoms with Crippen molar-refractivity contribution in [2.75, 3.05) is 7.11 Å². The Bertz CT molecular complexity index is 1760. The lowest BCUT2D eigenvalue weighted by molar-refractivity contribution is 0.334. The van der Waals surface area contributed by atoms with Gasteiger partial charge < -0.3 is 4.74 Å². The van der Waals surface area contributed by atoms with Crippen LogP contribution in [-0.2, 0) is 0 Å². The number of hydrogen-bond acceptors (Lipinski definition) is 1. The number of ether oxygens (including phenoxy) is 1. The first-order chi connectivity index (χ1) is 18.0. The van der Waals surface area contributed by atoms with Gasteiger partial charge >= 0.3 is 0 Å². The molecule has 194 valence electrons. The highest BCUT2D eigenvalue weighted by Gasteiger charge is 2.33. The highest BCUT2D eigenvalue weighted by atomic mass is 19.2. The molecule has 0 N–H and O–H groups in total. The van der Waals surface area contributed by atoms with Crippen molar-refractivity contribution in [3.8, 4) is 28.0 Å². The first kappa shape index (κ1) is 25.4. The van der Waals surface area contributed by atoms with Gasteiger partial charge in [-0.25, -0.2) is 35.1 Å². The Labute approximate surface area is 206 Å². The van der Waals surface area contributed by atoms with Gasteiger partial charge in [0.05, 0.1) is 18.2 Å². The molecule has 38 heavy (non-hydrogen) atoms. The van der Waals surface area contributed by atoms with Crippen LogP contribution >= 0.6 is 0 Å². The summed E-state index contributed by atoms with van der Waals surface area (Å²) in [4.78, 5) is 0. The monoisotopic (exact) mass is 540 g/mol. The summed E-state index contributed by atoms with van der Waals surface area (Å²) in [7, 11) is 0.770. The van der Waals surface area contributed by atoms with E-state index in [0.29, 0.717) is 6.07 Å². The first-order valence-corrected chi connectivity index (χ1v) is 10.6. The fourth-order valence-corrected chi connectivity index (χ4v) is 4.52. The predicted octanol–water partition coefficient (Wildman–Crippen LogP) is 8.73. The minimum atomic E-state index is -2.44. The van der Waals surface area contributed by atoms with Crippen LogP contribution in [-0.4, -0.2) is 7.11 Å². The van der Waals surface area contributed by atoms with Crippen molar-refractivity contribution in [3.63, 3.8) is 0 Å². The molecule has 0 unspecified atom stereocenters. The molecule has 0 amide bonds. The van der Waals surface area contributed by atoms with Gasteiger partial charge in [0.15, 0.2) is 40.7 Å². The third-order valence-electron chi connectivity index (χ3n) is 6.12. The van der Waals surface area contributed by atoms with Gasteiger partial charge in [-0.2, -0.15) is 8.78 Å². The molecule has 0 aromatic heterocycles. The lowest BCUT2D eigenvalue weighted by Crippen LogP contribution is -2.06. The van der Waals surface area contributed by atoms with E-state index in [9.17, 15) is 35.1 Å². The molecular formula is C27H10F10O. The highest BCUT2D eigenvalue weighted by Crippen LogP contribution is 2.48. The van der Waals surface area contributed by atoms with E-state index < -0.39 is 96.9 Å². The summed E-state index contributed by atoms with van der Waals surface area (Å²) in [5.74, 6) is -21.5. The average Bonchev–Trinajstić information content (AvgIpc) is 2.91. The fraction of sp³-hybridized carbons (Fsp3) is 0.0370. The predicted molar refractivity (Wildman–Crippen MR) is 118 cm³/mol. The molecule has 0 fully saturated rings. The van der Waals surface area contributed by atoms with Crippen LogP contribution in [0.3, 0.4) is 0 Å². The molecule has 0 aliphatic heterocycles. The third-order valence-corrected chi connectivity index (χ3v) is 6.12. The number of benzene rings is 5. The smallest absolute Gasteiger partial charge is 0.204 e. The van der Waals surface area contributed by atoms with Gasteiger partial charge in [0.25, 0.3) is 0 Å². The number of fused-ring (bicyclic) bond motifs is 2. The topological polar surface area (TPSA) is 9.23 Å². The Morgan fingerprint density at radius 2 is 0.816 bits per heavy atom. The van der Waals surface area contributed by atoms with E-state index >= 15 is 8.78 Å². The van der Waals surface area contributed by atoms with E-state index in [-0.39, 0.29) is 10.8 Å². The maximum Gasteiger partial charge on any atom is 0.204 e. The molecule has 0 heterocycles. The molecular weight excluding hydrogens is 530 g/mol. The minimum Gasteiger partial charge on any atom is -0.491 e. The van der Waals surface area contributed by atoms with E-state index in [1.54, 1.807) is 0 Å². The second-order valence-corrected chi connectivity index (χ2v) is 8.09. The molecule has 0 aliphatic rings. The Balaban J connectivity index is 2.09. The van der Waals surface area contributed by atoms with E-state index in [1.165, 1.54) is 12.1 Å². The number of halogens is 10. The molecule has 0 spiro atoms. The van der Waals surface area contributed by atoms with Crippen molar-refractivity contribution in [2.45, 2.75) is 0 Å². The minimum absolute atomic E-state index is 0.299. The molecule has 0 saturated heterocycles. The molecule has 5 rings (SSSR count). The van der Waals surface area contributed by atoms with E-state index in [1.807, 2.05) is 0 Å². The SMILES string of the molecule is COc1c(F)c(F)c(-c2c3ccccc3c(-c3c(F)c(F)c(F)c(F)c3F)c3cc(F)ccc23)c(F)c1F. The molecule has 5 aromatic carbocycles. The van der Waals surface area contributed by atoms with E-state index in [0.717, 1.165) is 31.4 Å². The number of hydrogen-bond donors (Lipinski definition) is 0. The Hall–Kier alpha value is -4.28. The van der Waals surface area contributed by atoms with Gasteiger partial charge in [0, 0.05) is 11.1 Å². The zero-order chi connectivity index (χ0) is 27.6. The molecule has 0 bridgehead atoms. The van der Waals surface area contributed by atoms with Crippen LogP contribution in [0.25, 0.3) is 43.8 Å². The molecule has 0 aliphatic carbocycles. The van der Waals surface area contributed by atoms with Gasteiger partial charge in [0.2, 0.25) is 17.5 Å². The summed E-state index contributed by atoms with van der Waals surface area (Å²) in [6.07, 6.45) is 0. The summed E-state index contributed by atoms with van der Waals surface area (Å²) >= 11 is 0. The normalized spacial score (nSPS) is 11.6. The van der Waals surface area contributed by atoms with Crippen molar-refractivity contribution < 1.29 is 48.6 Å². The van der Waals surface area contributed by atoms with Crippen molar-refractivity contribution in [2.24, 2.45) is 0 Å². The highest BCUT2D eigenvalue weighted by molar-refractivity contribution is 6.21. The van der Waals surface area contributed by atoms with Gasteiger partial charge in [-0.3, -0.25) is 0 Å². The van der Waals surface area contributed by atoms with Crippen molar-refractivity contribution in [3.05, 3.63) is 101 Å². The summed E-state index contributed by atoms with van der Waals surface area (Å²) in [5.41, 5.74) is -3.98. The van der Waals surface area contributed by atoms with E-state index in [2.05, 4.69) is 4.74 Å². The van der Waals surface area contributed by atoms with Crippen LogP contribution in [0, 0.1) is 58.2 Å². The molecule has 0 atom stereocenters. The molecule has 11 heteroatoms. The zero-order valence-corrected chi connectivity index (χ0v) is 18.7. The van der Waals surface area contributed by atoms with Crippen LogP contribution < -0.4 is 4.74 Å². The Kier molecular flexibility index (Phi) is 5.96. The quantitative estimate of drug-likeness (QED) is 0.0963. The Morgan fingerprint density at radius 3 is 1.29 bits per heavy atom. The second kappa shape index (κ2) is 8.93. The van der Waals surface area contributed by atoms with Crippen molar-refractivity contribution in [1.82, 2.24) is 0 Å². The van der Waals surface area contributed by atoms with Crippen molar-refractivity contribution >= 4 is 21.5 Å². The third kappa shape index (κ3) is 3.41. The molecule has 0 radical (unpaired) electrons. The zero-order valence-electron chi connectivity index (χ0n) is 18.7. The van der Waals surface area contributed by atoms with Gasteiger partial charge in [-0.1, -0.05) is 30.3 Å². The van der Waals surface area contributed by atoms with Gasteiger partial charge in [-0.15, -0.1) is 0 Å². The standard InChI is InChI=1S/C27H10F10O/c1-38-27-25(36)20(31)16(21(32)26(27)37)14-10-4-2-3-5-11(10)15(13-8-9(28)6-7-12(13)14)17-18(29)22(33)24(35)23(34)19(17)30/h2-8H,1H3. The van der Waals surface area contributed by atoms with Crippen LogP contribution in [0.15, 0.2) is 42.5 Å². The lowest BCUT2D eigenvalue weighted by Gasteiger charge is -2.20. The fourth-order valence-electron chi connectivity index (χ4n) is 4.52. The largest absolute Gasteiger partial charge is 0.491 e. The first-order valence-electron chi connectivity index (χ1n) is 10.6. The van der Waals surface area contributed by atoms with Crippen LogP contribution in [0.4, 0.5) is 43.9 Å². The van der Waals surface area contributed by atoms with Crippen LogP contribution in [0.5, 0.6) is 5.75 Å². The van der Waals surface area contributed by atoms with Crippen LogP contribution in [0.1, 0.15) is 0 Å². The molecule has 0 saturated carbocycles. The molecule has 1 nitrogen and oxygen atoms in total. The summed E-state index contributed by atoms with van der Waals surface area (Å²) < 4.78 is 150. The Morgan fingerprint density at radius 1 is 0.421 bits per heavy atom. The lowest BCUT2D eigenvalue weighted by atomic mass is 9.85. The summed E-state index contributed by atoms with van der Waals surface area (Å²) in [6, 6.07) is 7.08. The number of methoxy groups -OCH3 is 1. The van der Waals surface area contributed by atoms with Crippen LogP contribution in [0.2, 0.25) is 0 Å².